The number of hydrogen-bond donors (Lipinski definition) is 0. The van der Waals surface area contributed by atoms with Crippen LogP contribution in [-0.4, -0.2) is 27.7 Å². The second-order valence-electron chi connectivity index (χ2n) is 2.59. The van der Waals surface area contributed by atoms with Crippen molar-refractivity contribution in [2.24, 2.45) is 0 Å². The van der Waals surface area contributed by atoms with Gasteiger partial charge in [0.2, 0.25) is 0 Å². The summed E-state index contributed by atoms with van der Waals surface area (Å²) in [6.45, 7) is 0. The zero-order valence-corrected chi connectivity index (χ0v) is 8.85. The molecule has 0 aliphatic heterocycles. The first-order valence-corrected chi connectivity index (χ1v) is 4.59. The van der Waals surface area contributed by atoms with E-state index in [-0.39, 0.29) is 0 Å². The Hall–Kier alpha value is -1.43. The molecule has 0 fully saturated rings. The van der Waals surface area contributed by atoms with E-state index in [1.807, 2.05) is 0 Å². The molecule has 0 aromatic carbocycles. The van der Waals surface area contributed by atoms with E-state index in [1.54, 1.807) is 16.6 Å². The lowest BCUT2D eigenvalue weighted by molar-refractivity contribution is 0.0600. The maximum atomic E-state index is 11.2. The van der Waals surface area contributed by atoms with Crippen molar-refractivity contribution >= 4 is 27.5 Å². The first kappa shape index (κ1) is 9.14. The summed E-state index contributed by atoms with van der Waals surface area (Å²) in [6, 6.07) is 3.25. The van der Waals surface area contributed by atoms with Crippen LogP contribution < -0.4 is 0 Å². The highest BCUT2D eigenvalue weighted by atomic mass is 79.9. The van der Waals surface area contributed by atoms with Crippen LogP contribution >= 0.6 is 15.9 Å². The Labute approximate surface area is 87.8 Å². The van der Waals surface area contributed by atoms with Crippen molar-refractivity contribution in [1.82, 2.24) is 14.6 Å². The topological polar surface area (TPSA) is 56.5 Å². The molecule has 0 saturated heterocycles. The molecule has 0 aliphatic carbocycles. The number of hydrogen-bond acceptors (Lipinski definition) is 4. The van der Waals surface area contributed by atoms with Crippen LogP contribution in [0.5, 0.6) is 0 Å². The monoisotopic (exact) mass is 255 g/mol. The molecule has 0 saturated carbocycles. The molecule has 0 spiro atoms. The first-order chi connectivity index (χ1) is 6.72. The Morgan fingerprint density at radius 3 is 3.07 bits per heavy atom. The fourth-order valence-electron chi connectivity index (χ4n) is 1.12. The van der Waals surface area contributed by atoms with Crippen LogP contribution in [0, 0.1) is 0 Å². The lowest BCUT2D eigenvalue weighted by atomic mass is 10.3. The lowest BCUT2D eigenvalue weighted by Gasteiger charge is -2.01. The Morgan fingerprint density at radius 2 is 2.36 bits per heavy atom. The van der Waals surface area contributed by atoms with E-state index in [1.165, 1.54) is 13.4 Å². The summed E-state index contributed by atoms with van der Waals surface area (Å²) < 4.78 is 6.84. The van der Waals surface area contributed by atoms with Gasteiger partial charge in [-0.2, -0.15) is 5.10 Å². The number of nitrogens with zero attached hydrogens (tertiary/aromatic N) is 3. The van der Waals surface area contributed by atoms with E-state index in [4.69, 9.17) is 0 Å². The van der Waals surface area contributed by atoms with E-state index in [0.717, 1.165) is 0 Å². The van der Waals surface area contributed by atoms with Gasteiger partial charge < -0.3 is 4.74 Å². The number of carbonyl (C=O) groups excluding carboxylic acids is 1. The van der Waals surface area contributed by atoms with Gasteiger partial charge in [-0.25, -0.2) is 14.3 Å². The van der Waals surface area contributed by atoms with Crippen molar-refractivity contribution in [2.45, 2.75) is 0 Å². The Bertz CT molecular complexity index is 494. The van der Waals surface area contributed by atoms with E-state index in [0.29, 0.717) is 15.8 Å². The van der Waals surface area contributed by atoms with E-state index < -0.39 is 5.97 Å². The summed E-state index contributed by atoms with van der Waals surface area (Å²) in [5.74, 6) is -0.392. The minimum atomic E-state index is -0.392. The molecule has 0 radical (unpaired) electrons. The van der Waals surface area contributed by atoms with Gasteiger partial charge in [0.1, 0.15) is 10.9 Å². The van der Waals surface area contributed by atoms with Crippen LogP contribution in [0.3, 0.4) is 0 Å². The quantitative estimate of drug-likeness (QED) is 0.569. The number of ether oxygens (including phenoxy) is 1. The smallest absolute Gasteiger partial charge is 0.338 e. The van der Waals surface area contributed by atoms with E-state index in [9.17, 15) is 4.79 Å². The third-order valence-corrected chi connectivity index (χ3v) is 2.32. The molecule has 0 atom stereocenters. The maximum absolute atomic E-state index is 11.2. The third kappa shape index (κ3) is 1.37. The van der Waals surface area contributed by atoms with Crippen LogP contribution in [0.15, 0.2) is 23.1 Å². The number of rotatable bonds is 1. The molecule has 2 heterocycles. The van der Waals surface area contributed by atoms with Gasteiger partial charge in [0.05, 0.1) is 12.7 Å². The number of esters is 1. The van der Waals surface area contributed by atoms with Gasteiger partial charge in [0.15, 0.2) is 5.65 Å². The zero-order chi connectivity index (χ0) is 10.1. The van der Waals surface area contributed by atoms with Gasteiger partial charge >= 0.3 is 5.97 Å². The SMILES string of the molecule is COC(=O)c1cc(Br)n2ncnc2c1. The predicted molar refractivity (Wildman–Crippen MR) is 52.0 cm³/mol. The molecule has 2 rings (SSSR count). The van der Waals surface area contributed by atoms with Gasteiger partial charge in [0.25, 0.3) is 0 Å². The number of methoxy groups -OCH3 is 1. The molecule has 72 valence electrons. The molecule has 2 aromatic heterocycles. The van der Waals surface area contributed by atoms with Crippen LogP contribution in [-0.2, 0) is 4.74 Å². The molecular weight excluding hydrogens is 250 g/mol. The third-order valence-electron chi connectivity index (χ3n) is 1.76. The Balaban J connectivity index is 2.64. The summed E-state index contributed by atoms with van der Waals surface area (Å²) in [6.07, 6.45) is 1.42. The van der Waals surface area contributed by atoms with Crippen molar-refractivity contribution in [3.05, 3.63) is 28.6 Å². The highest BCUT2D eigenvalue weighted by molar-refractivity contribution is 9.10. The van der Waals surface area contributed by atoms with Gasteiger partial charge in [0, 0.05) is 0 Å². The number of halogens is 1. The van der Waals surface area contributed by atoms with Crippen molar-refractivity contribution < 1.29 is 9.53 Å². The first-order valence-electron chi connectivity index (χ1n) is 3.80. The highest BCUT2D eigenvalue weighted by Gasteiger charge is 2.09. The zero-order valence-electron chi connectivity index (χ0n) is 7.27. The van der Waals surface area contributed by atoms with E-state index >= 15 is 0 Å². The molecule has 6 heteroatoms. The number of pyridine rings is 1. The van der Waals surface area contributed by atoms with Crippen LogP contribution in [0.1, 0.15) is 10.4 Å². The second kappa shape index (κ2) is 3.38. The van der Waals surface area contributed by atoms with Gasteiger partial charge in [-0.1, -0.05) is 0 Å². The van der Waals surface area contributed by atoms with Gasteiger partial charge in [-0.05, 0) is 28.1 Å². The molecule has 0 N–H and O–H groups in total. The summed E-state index contributed by atoms with van der Waals surface area (Å²) in [7, 11) is 1.34. The minimum Gasteiger partial charge on any atom is -0.465 e. The fourth-order valence-corrected chi connectivity index (χ4v) is 1.64. The lowest BCUT2D eigenvalue weighted by Crippen LogP contribution is -2.03. The molecule has 0 bridgehead atoms. The molecule has 0 unspecified atom stereocenters. The molecule has 0 aliphatic rings. The van der Waals surface area contributed by atoms with Gasteiger partial charge in [-0.3, -0.25) is 0 Å². The Morgan fingerprint density at radius 1 is 1.57 bits per heavy atom. The fraction of sp³-hybridized carbons (Fsp3) is 0.125. The van der Waals surface area contributed by atoms with Crippen LogP contribution in [0.4, 0.5) is 0 Å². The van der Waals surface area contributed by atoms with Crippen molar-refractivity contribution in [1.29, 1.82) is 0 Å². The molecule has 0 amide bonds. The standard InChI is InChI=1S/C8H6BrN3O2/c1-14-8(13)5-2-6(9)12-7(3-5)10-4-11-12/h2-4H,1H3. The van der Waals surface area contributed by atoms with Gasteiger partial charge in [-0.15, -0.1) is 0 Å². The average Bonchev–Trinajstić information content (AvgIpc) is 2.64. The number of carbonyl (C=O) groups is 1. The summed E-state index contributed by atoms with van der Waals surface area (Å²) in [5.41, 5.74) is 1.04. The molecule has 5 nitrogen and oxygen atoms in total. The second-order valence-corrected chi connectivity index (χ2v) is 3.40. The average molecular weight is 256 g/mol. The molecule has 14 heavy (non-hydrogen) atoms. The molecular formula is C8H6BrN3O2. The van der Waals surface area contributed by atoms with E-state index in [2.05, 4.69) is 30.7 Å². The number of aromatic nitrogens is 3. The van der Waals surface area contributed by atoms with Crippen LogP contribution in [0.2, 0.25) is 0 Å². The minimum absolute atomic E-state index is 0.392. The highest BCUT2D eigenvalue weighted by Crippen LogP contribution is 2.15. The van der Waals surface area contributed by atoms with Crippen LogP contribution in [0.25, 0.3) is 5.65 Å². The largest absolute Gasteiger partial charge is 0.465 e. The number of fused-ring (bicyclic) bond motifs is 1. The van der Waals surface area contributed by atoms with Crippen molar-refractivity contribution in [3.8, 4) is 0 Å². The maximum Gasteiger partial charge on any atom is 0.338 e. The summed E-state index contributed by atoms with van der Waals surface area (Å²) >= 11 is 3.28. The predicted octanol–water partition coefficient (Wildman–Crippen LogP) is 1.28. The summed E-state index contributed by atoms with van der Waals surface area (Å²) in [5, 5.41) is 3.95. The Kier molecular flexibility index (Phi) is 2.20. The normalized spacial score (nSPS) is 10.4. The van der Waals surface area contributed by atoms with Crippen molar-refractivity contribution in [2.75, 3.05) is 7.11 Å². The van der Waals surface area contributed by atoms with Crippen molar-refractivity contribution in [3.63, 3.8) is 0 Å². The molecule has 2 aromatic rings. The summed E-state index contributed by atoms with van der Waals surface area (Å²) in [4.78, 5) is 15.2.